The van der Waals surface area contributed by atoms with Gasteiger partial charge in [0, 0.05) is 26.2 Å². The van der Waals surface area contributed by atoms with Crippen molar-refractivity contribution in [2.45, 2.75) is 0 Å². The van der Waals surface area contributed by atoms with Crippen molar-refractivity contribution in [2.24, 2.45) is 5.84 Å². The van der Waals surface area contributed by atoms with Crippen LogP contribution in [0.1, 0.15) is 0 Å². The molecule has 0 aliphatic carbocycles. The Kier molecular flexibility index (Phi) is 2.81. The molecular formula is C6H13N3O2. The Morgan fingerprint density at radius 3 is 2.36 bits per heavy atom. The Morgan fingerprint density at radius 2 is 1.91 bits per heavy atom. The monoisotopic (exact) mass is 159 g/mol. The molecule has 11 heavy (non-hydrogen) atoms. The molecule has 1 fully saturated rings. The quantitative estimate of drug-likeness (QED) is 0.434. The number of aliphatic hydroxyl groups is 1. The largest absolute Gasteiger partial charge is 0.387 e. The van der Waals surface area contributed by atoms with Crippen molar-refractivity contribution >= 4 is 5.91 Å². The summed E-state index contributed by atoms with van der Waals surface area (Å²) in [7, 11) is 0. The van der Waals surface area contributed by atoms with Crippen molar-refractivity contribution in [2.75, 3.05) is 32.8 Å². The number of piperazine rings is 1. The summed E-state index contributed by atoms with van der Waals surface area (Å²) in [4.78, 5) is 12.5. The topological polar surface area (TPSA) is 69.8 Å². The van der Waals surface area contributed by atoms with Crippen LogP contribution in [-0.2, 0) is 4.79 Å². The fourth-order valence-electron chi connectivity index (χ4n) is 1.07. The molecule has 1 amide bonds. The molecule has 1 saturated heterocycles. The molecule has 1 aliphatic rings. The summed E-state index contributed by atoms with van der Waals surface area (Å²) in [6, 6.07) is 0. The van der Waals surface area contributed by atoms with Crippen LogP contribution in [0, 0.1) is 0 Å². The highest BCUT2D eigenvalue weighted by Gasteiger charge is 2.17. The van der Waals surface area contributed by atoms with Crippen LogP contribution < -0.4 is 5.84 Å². The first-order valence-electron chi connectivity index (χ1n) is 3.62. The molecule has 0 bridgehead atoms. The number of hydrazine groups is 1. The second-order valence-corrected chi connectivity index (χ2v) is 2.57. The molecule has 1 aliphatic heterocycles. The lowest BCUT2D eigenvalue weighted by molar-refractivity contribution is -0.135. The van der Waals surface area contributed by atoms with Crippen LogP contribution >= 0.6 is 0 Å². The van der Waals surface area contributed by atoms with Crippen molar-refractivity contribution < 1.29 is 9.90 Å². The zero-order valence-electron chi connectivity index (χ0n) is 6.36. The Labute approximate surface area is 65.3 Å². The summed E-state index contributed by atoms with van der Waals surface area (Å²) in [6.07, 6.45) is 0. The molecule has 0 aromatic rings. The number of hydrogen-bond donors (Lipinski definition) is 2. The van der Waals surface area contributed by atoms with E-state index in [2.05, 4.69) is 0 Å². The normalized spacial score (nSPS) is 20.4. The van der Waals surface area contributed by atoms with Gasteiger partial charge in [0.15, 0.2) is 0 Å². The van der Waals surface area contributed by atoms with Gasteiger partial charge in [0.1, 0.15) is 6.61 Å². The number of carbonyl (C=O) groups excluding carboxylic acids is 1. The predicted octanol–water partition coefficient (Wildman–Crippen LogP) is -2.00. The lowest BCUT2D eigenvalue weighted by Crippen LogP contribution is -2.51. The van der Waals surface area contributed by atoms with Gasteiger partial charge in [-0.25, -0.2) is 5.01 Å². The van der Waals surface area contributed by atoms with E-state index in [0.717, 1.165) is 0 Å². The van der Waals surface area contributed by atoms with Gasteiger partial charge in [0.2, 0.25) is 5.91 Å². The molecule has 5 heteroatoms. The van der Waals surface area contributed by atoms with Crippen LogP contribution in [-0.4, -0.2) is 53.7 Å². The van der Waals surface area contributed by atoms with Gasteiger partial charge in [0.25, 0.3) is 0 Å². The van der Waals surface area contributed by atoms with E-state index in [9.17, 15) is 4.79 Å². The first-order chi connectivity index (χ1) is 5.24. The van der Waals surface area contributed by atoms with Gasteiger partial charge in [-0.1, -0.05) is 0 Å². The first kappa shape index (κ1) is 8.45. The van der Waals surface area contributed by atoms with Crippen molar-refractivity contribution in [3.63, 3.8) is 0 Å². The van der Waals surface area contributed by atoms with Gasteiger partial charge in [0.05, 0.1) is 0 Å². The summed E-state index contributed by atoms with van der Waals surface area (Å²) >= 11 is 0. The molecule has 0 atom stereocenters. The van der Waals surface area contributed by atoms with Crippen LogP contribution in [0.15, 0.2) is 0 Å². The smallest absolute Gasteiger partial charge is 0.248 e. The van der Waals surface area contributed by atoms with Crippen LogP contribution in [0.25, 0.3) is 0 Å². The van der Waals surface area contributed by atoms with Gasteiger partial charge in [-0.15, -0.1) is 0 Å². The highest BCUT2D eigenvalue weighted by atomic mass is 16.3. The maximum Gasteiger partial charge on any atom is 0.248 e. The predicted molar refractivity (Wildman–Crippen MR) is 39.4 cm³/mol. The van der Waals surface area contributed by atoms with E-state index in [4.69, 9.17) is 10.9 Å². The molecular weight excluding hydrogens is 146 g/mol. The second kappa shape index (κ2) is 3.66. The summed E-state index contributed by atoms with van der Waals surface area (Å²) in [5.41, 5.74) is 0. The minimum absolute atomic E-state index is 0.210. The fourth-order valence-corrected chi connectivity index (χ4v) is 1.07. The molecule has 1 heterocycles. The molecule has 0 saturated carbocycles. The Bertz CT molecular complexity index is 143. The van der Waals surface area contributed by atoms with Crippen LogP contribution in [0.5, 0.6) is 0 Å². The van der Waals surface area contributed by atoms with Crippen LogP contribution in [0.2, 0.25) is 0 Å². The number of aliphatic hydroxyl groups excluding tert-OH is 1. The third-order valence-corrected chi connectivity index (χ3v) is 1.80. The average Bonchev–Trinajstić information content (AvgIpc) is 2.05. The van der Waals surface area contributed by atoms with Crippen molar-refractivity contribution in [3.05, 3.63) is 0 Å². The molecule has 3 N–H and O–H groups in total. The Morgan fingerprint density at radius 1 is 1.36 bits per heavy atom. The number of rotatable bonds is 1. The third kappa shape index (κ3) is 2.14. The molecule has 5 nitrogen and oxygen atoms in total. The number of carbonyl (C=O) groups is 1. The zero-order chi connectivity index (χ0) is 8.27. The SMILES string of the molecule is NN1CCN(C(=O)CO)CC1. The van der Waals surface area contributed by atoms with Gasteiger partial charge >= 0.3 is 0 Å². The van der Waals surface area contributed by atoms with Gasteiger partial charge in [-0.05, 0) is 0 Å². The average molecular weight is 159 g/mol. The molecule has 64 valence electrons. The van der Waals surface area contributed by atoms with E-state index in [-0.39, 0.29) is 5.91 Å². The molecule has 0 aromatic heterocycles. The number of nitrogens with zero attached hydrogens (tertiary/aromatic N) is 2. The van der Waals surface area contributed by atoms with E-state index >= 15 is 0 Å². The third-order valence-electron chi connectivity index (χ3n) is 1.80. The number of hydrogen-bond acceptors (Lipinski definition) is 4. The maximum absolute atomic E-state index is 10.9. The standard InChI is InChI=1S/C6H13N3O2/c7-9-3-1-8(2-4-9)6(11)5-10/h10H,1-5,7H2. The van der Waals surface area contributed by atoms with Crippen molar-refractivity contribution in [1.82, 2.24) is 9.91 Å². The summed E-state index contributed by atoms with van der Waals surface area (Å²) < 4.78 is 0. The van der Waals surface area contributed by atoms with E-state index in [1.54, 1.807) is 9.91 Å². The number of nitrogens with two attached hydrogens (primary N) is 1. The van der Waals surface area contributed by atoms with E-state index in [1.165, 1.54) is 0 Å². The fraction of sp³-hybridized carbons (Fsp3) is 0.833. The first-order valence-corrected chi connectivity index (χ1v) is 3.62. The van der Waals surface area contributed by atoms with Crippen LogP contribution in [0.4, 0.5) is 0 Å². The van der Waals surface area contributed by atoms with E-state index in [1.807, 2.05) is 0 Å². The maximum atomic E-state index is 10.9. The minimum atomic E-state index is -0.398. The Hall–Kier alpha value is -0.650. The zero-order valence-corrected chi connectivity index (χ0v) is 6.36. The highest BCUT2D eigenvalue weighted by molar-refractivity contribution is 5.77. The van der Waals surface area contributed by atoms with Crippen molar-refractivity contribution in [3.8, 4) is 0 Å². The van der Waals surface area contributed by atoms with E-state index in [0.29, 0.717) is 26.2 Å². The summed E-state index contributed by atoms with van der Waals surface area (Å²) in [6.45, 7) is 2.22. The lowest BCUT2D eigenvalue weighted by Gasteiger charge is -2.31. The second-order valence-electron chi connectivity index (χ2n) is 2.57. The summed E-state index contributed by atoms with van der Waals surface area (Å²) in [5.74, 6) is 5.26. The number of amides is 1. The molecule has 0 radical (unpaired) electrons. The van der Waals surface area contributed by atoms with Crippen LogP contribution in [0.3, 0.4) is 0 Å². The van der Waals surface area contributed by atoms with Gasteiger partial charge < -0.3 is 10.0 Å². The summed E-state index contributed by atoms with van der Waals surface area (Å²) in [5, 5.41) is 10.2. The van der Waals surface area contributed by atoms with Gasteiger partial charge in [-0.3, -0.25) is 10.6 Å². The van der Waals surface area contributed by atoms with Gasteiger partial charge in [-0.2, -0.15) is 0 Å². The molecule has 0 unspecified atom stereocenters. The Balaban J connectivity index is 2.33. The molecule has 0 spiro atoms. The molecule has 1 rings (SSSR count). The highest BCUT2D eigenvalue weighted by Crippen LogP contribution is 1.96. The minimum Gasteiger partial charge on any atom is -0.387 e. The van der Waals surface area contributed by atoms with E-state index < -0.39 is 6.61 Å². The lowest BCUT2D eigenvalue weighted by atomic mass is 10.3. The van der Waals surface area contributed by atoms with Crippen molar-refractivity contribution in [1.29, 1.82) is 0 Å². The molecule has 0 aromatic carbocycles.